The molecule has 3 nitrogen and oxygen atoms in total. The number of esters is 1. The lowest BCUT2D eigenvalue weighted by atomic mass is 9.92. The molecule has 0 saturated heterocycles. The van der Waals surface area contributed by atoms with Crippen LogP contribution in [0.3, 0.4) is 0 Å². The van der Waals surface area contributed by atoms with Gasteiger partial charge in [0.2, 0.25) is 0 Å². The molecule has 0 bridgehead atoms. The molecule has 0 aromatic heterocycles. The molecule has 0 rings (SSSR count). The summed E-state index contributed by atoms with van der Waals surface area (Å²) < 4.78 is 4.65. The zero-order valence-corrected chi connectivity index (χ0v) is 10.2. The van der Waals surface area contributed by atoms with Crippen molar-refractivity contribution in [3.05, 3.63) is 0 Å². The summed E-state index contributed by atoms with van der Waals surface area (Å²) in [5.74, 6) is -0.608. The van der Waals surface area contributed by atoms with Gasteiger partial charge in [-0.05, 0) is 12.3 Å². The number of carbonyl (C=O) groups excluding carboxylic acids is 2. The summed E-state index contributed by atoms with van der Waals surface area (Å²) in [7, 11) is 1.34. The Morgan fingerprint density at radius 1 is 1.27 bits per heavy atom. The van der Waals surface area contributed by atoms with Gasteiger partial charge in [0.1, 0.15) is 11.7 Å². The van der Waals surface area contributed by atoms with E-state index in [0.717, 1.165) is 12.8 Å². The lowest BCUT2D eigenvalue weighted by Crippen LogP contribution is -2.26. The summed E-state index contributed by atoms with van der Waals surface area (Å²) in [5, 5.41) is 0. The predicted molar refractivity (Wildman–Crippen MR) is 59.5 cm³/mol. The average Bonchev–Trinajstić information content (AvgIpc) is 2.16. The van der Waals surface area contributed by atoms with E-state index in [1.165, 1.54) is 7.11 Å². The smallest absolute Gasteiger partial charge is 0.316 e. The summed E-state index contributed by atoms with van der Waals surface area (Å²) in [4.78, 5) is 23.2. The number of carbonyl (C=O) groups is 2. The zero-order valence-electron chi connectivity index (χ0n) is 10.2. The highest BCUT2D eigenvalue weighted by Crippen LogP contribution is 2.16. The van der Waals surface area contributed by atoms with Crippen molar-refractivity contribution in [2.75, 3.05) is 7.11 Å². The van der Waals surface area contributed by atoms with Crippen LogP contribution in [0.2, 0.25) is 0 Å². The first-order valence-corrected chi connectivity index (χ1v) is 5.63. The van der Waals surface area contributed by atoms with Crippen molar-refractivity contribution in [3.8, 4) is 0 Å². The maximum atomic E-state index is 11.8. The first-order valence-electron chi connectivity index (χ1n) is 5.63. The molecule has 0 aliphatic heterocycles. The summed E-state index contributed by atoms with van der Waals surface area (Å²) >= 11 is 0. The van der Waals surface area contributed by atoms with Gasteiger partial charge < -0.3 is 4.74 Å². The predicted octanol–water partition coefficient (Wildman–Crippen LogP) is 2.58. The second kappa shape index (κ2) is 7.43. The summed E-state index contributed by atoms with van der Waals surface area (Å²) in [5.41, 5.74) is 0. The number of hydrogen-bond acceptors (Lipinski definition) is 3. The van der Waals surface area contributed by atoms with Crippen LogP contribution in [0.15, 0.2) is 0 Å². The molecule has 0 N–H and O–H groups in total. The SMILES string of the molecule is CCCCC(C(=O)CC(C)C)C(=O)OC. The van der Waals surface area contributed by atoms with Gasteiger partial charge in [-0.2, -0.15) is 0 Å². The first-order chi connectivity index (χ1) is 7.02. The normalized spacial score (nSPS) is 12.6. The van der Waals surface area contributed by atoms with E-state index in [0.29, 0.717) is 18.8 Å². The summed E-state index contributed by atoms with van der Waals surface area (Å²) in [6.07, 6.45) is 2.96. The van der Waals surface area contributed by atoms with Crippen molar-refractivity contribution in [3.63, 3.8) is 0 Å². The van der Waals surface area contributed by atoms with E-state index in [9.17, 15) is 9.59 Å². The zero-order chi connectivity index (χ0) is 11.8. The number of rotatable bonds is 7. The third kappa shape index (κ3) is 5.55. The van der Waals surface area contributed by atoms with Crippen LogP contribution in [0.4, 0.5) is 0 Å². The maximum Gasteiger partial charge on any atom is 0.316 e. The molecular weight excluding hydrogens is 192 g/mol. The Morgan fingerprint density at radius 2 is 1.87 bits per heavy atom. The molecule has 1 unspecified atom stereocenters. The maximum absolute atomic E-state index is 11.8. The van der Waals surface area contributed by atoms with Crippen LogP contribution < -0.4 is 0 Å². The second-order valence-corrected chi connectivity index (χ2v) is 4.28. The molecule has 1 atom stereocenters. The van der Waals surface area contributed by atoms with Crippen LogP contribution in [0.5, 0.6) is 0 Å². The van der Waals surface area contributed by atoms with Crippen LogP contribution >= 0.6 is 0 Å². The quantitative estimate of drug-likeness (QED) is 0.483. The molecule has 3 heteroatoms. The Hall–Kier alpha value is -0.860. The van der Waals surface area contributed by atoms with Crippen LogP contribution in [0.1, 0.15) is 46.5 Å². The third-order valence-corrected chi connectivity index (χ3v) is 2.33. The number of methoxy groups -OCH3 is 1. The Balaban J connectivity index is 4.33. The lowest BCUT2D eigenvalue weighted by Gasteiger charge is -2.14. The number of unbranched alkanes of at least 4 members (excludes halogenated alkanes) is 1. The number of ketones is 1. The summed E-state index contributed by atoms with van der Waals surface area (Å²) in [6, 6.07) is 0. The first kappa shape index (κ1) is 14.1. The highest BCUT2D eigenvalue weighted by Gasteiger charge is 2.26. The monoisotopic (exact) mass is 214 g/mol. The Morgan fingerprint density at radius 3 is 2.27 bits per heavy atom. The van der Waals surface area contributed by atoms with Gasteiger partial charge in [0, 0.05) is 6.42 Å². The van der Waals surface area contributed by atoms with Gasteiger partial charge in [-0.3, -0.25) is 9.59 Å². The minimum Gasteiger partial charge on any atom is -0.468 e. The highest BCUT2D eigenvalue weighted by molar-refractivity contribution is 5.98. The lowest BCUT2D eigenvalue weighted by molar-refractivity contribution is -0.149. The van der Waals surface area contributed by atoms with E-state index in [2.05, 4.69) is 4.74 Å². The number of Topliss-reactive ketones (excluding diaryl/α,β-unsaturated/α-hetero) is 1. The van der Waals surface area contributed by atoms with E-state index in [4.69, 9.17) is 0 Å². The van der Waals surface area contributed by atoms with Crippen LogP contribution in [0.25, 0.3) is 0 Å². The van der Waals surface area contributed by atoms with Gasteiger partial charge in [0.15, 0.2) is 0 Å². The van der Waals surface area contributed by atoms with Crippen molar-refractivity contribution >= 4 is 11.8 Å². The topological polar surface area (TPSA) is 43.4 Å². The van der Waals surface area contributed by atoms with Crippen molar-refractivity contribution in [1.82, 2.24) is 0 Å². The molecule has 0 spiro atoms. The molecular formula is C12H22O3. The van der Waals surface area contributed by atoms with Gasteiger partial charge in [-0.25, -0.2) is 0 Å². The summed E-state index contributed by atoms with van der Waals surface area (Å²) in [6.45, 7) is 6.00. The Labute approximate surface area is 92.2 Å². The van der Waals surface area contributed by atoms with Crippen molar-refractivity contribution in [2.24, 2.45) is 11.8 Å². The van der Waals surface area contributed by atoms with E-state index in [-0.39, 0.29) is 11.8 Å². The molecule has 15 heavy (non-hydrogen) atoms. The molecule has 0 amide bonds. The molecule has 0 fully saturated rings. The molecule has 0 aliphatic rings. The van der Waals surface area contributed by atoms with Crippen molar-refractivity contribution in [2.45, 2.75) is 46.5 Å². The Bertz CT molecular complexity index is 209. The minimum absolute atomic E-state index is 0.0188. The van der Waals surface area contributed by atoms with E-state index < -0.39 is 5.92 Å². The third-order valence-electron chi connectivity index (χ3n) is 2.33. The minimum atomic E-state index is -0.544. The standard InChI is InChI=1S/C12H22O3/c1-5-6-7-10(12(14)15-4)11(13)8-9(2)3/h9-10H,5-8H2,1-4H3. The largest absolute Gasteiger partial charge is 0.468 e. The molecule has 0 aliphatic carbocycles. The van der Waals surface area contributed by atoms with Crippen molar-refractivity contribution < 1.29 is 14.3 Å². The van der Waals surface area contributed by atoms with Gasteiger partial charge >= 0.3 is 5.97 Å². The second-order valence-electron chi connectivity index (χ2n) is 4.28. The van der Waals surface area contributed by atoms with Gasteiger partial charge in [-0.15, -0.1) is 0 Å². The van der Waals surface area contributed by atoms with Crippen LogP contribution in [-0.4, -0.2) is 18.9 Å². The van der Waals surface area contributed by atoms with Gasteiger partial charge in [-0.1, -0.05) is 33.6 Å². The number of hydrogen-bond donors (Lipinski definition) is 0. The molecule has 88 valence electrons. The van der Waals surface area contributed by atoms with Gasteiger partial charge in [0.05, 0.1) is 7.11 Å². The van der Waals surface area contributed by atoms with Crippen molar-refractivity contribution in [1.29, 1.82) is 0 Å². The van der Waals surface area contributed by atoms with E-state index in [1.54, 1.807) is 0 Å². The molecule has 0 aromatic rings. The molecule has 0 saturated carbocycles. The van der Waals surface area contributed by atoms with Crippen LogP contribution in [0, 0.1) is 11.8 Å². The Kier molecular flexibility index (Phi) is 7.01. The fourth-order valence-electron chi connectivity index (χ4n) is 1.51. The average molecular weight is 214 g/mol. The van der Waals surface area contributed by atoms with E-state index in [1.807, 2.05) is 20.8 Å². The van der Waals surface area contributed by atoms with E-state index >= 15 is 0 Å². The van der Waals surface area contributed by atoms with Crippen LogP contribution in [-0.2, 0) is 14.3 Å². The fourth-order valence-corrected chi connectivity index (χ4v) is 1.51. The van der Waals surface area contributed by atoms with Gasteiger partial charge in [0.25, 0.3) is 0 Å². The molecule has 0 radical (unpaired) electrons. The highest BCUT2D eigenvalue weighted by atomic mass is 16.5. The fraction of sp³-hybridized carbons (Fsp3) is 0.833. The molecule has 0 heterocycles. The molecule has 0 aromatic carbocycles. The number of ether oxygens (including phenoxy) is 1.